The molecular weight excluding hydrogens is 230 g/mol. The smallest absolute Gasteiger partial charge is 0.0208 e. The first-order valence-corrected chi connectivity index (χ1v) is 7.91. The first-order valence-electron chi connectivity index (χ1n) is 7.91. The lowest BCUT2D eigenvalue weighted by Gasteiger charge is -2.08. The van der Waals surface area contributed by atoms with E-state index in [4.69, 9.17) is 0 Å². The topological polar surface area (TPSA) is 12.0 Å². The minimum Gasteiger partial charge on any atom is -0.313 e. The van der Waals surface area contributed by atoms with Gasteiger partial charge in [-0.2, -0.15) is 0 Å². The van der Waals surface area contributed by atoms with Crippen LogP contribution in [0, 0.1) is 0 Å². The van der Waals surface area contributed by atoms with Gasteiger partial charge in [-0.1, -0.05) is 78.8 Å². The Morgan fingerprint density at radius 3 is 1.84 bits per heavy atom. The lowest BCUT2D eigenvalue weighted by molar-refractivity contribution is 0.716. The maximum Gasteiger partial charge on any atom is 0.0208 e. The quantitative estimate of drug-likeness (QED) is 0.451. The molecule has 0 atom stereocenters. The maximum absolute atomic E-state index is 3.71. The van der Waals surface area contributed by atoms with Gasteiger partial charge in [0, 0.05) is 6.54 Å². The van der Waals surface area contributed by atoms with Crippen LogP contribution in [0.2, 0.25) is 0 Å². The molecule has 0 fully saturated rings. The summed E-state index contributed by atoms with van der Waals surface area (Å²) in [5.41, 5.74) is 2.65. The number of hydrogen-bond acceptors (Lipinski definition) is 1. The van der Waals surface area contributed by atoms with Gasteiger partial charge in [-0.25, -0.2) is 0 Å². The van der Waals surface area contributed by atoms with Crippen molar-refractivity contribution < 1.29 is 0 Å². The van der Waals surface area contributed by atoms with Gasteiger partial charge < -0.3 is 5.32 Å². The molecule has 0 rings (SSSR count). The van der Waals surface area contributed by atoms with E-state index in [1.54, 1.807) is 0 Å². The highest BCUT2D eigenvalue weighted by atomic mass is 14.8. The van der Waals surface area contributed by atoms with Gasteiger partial charge in [0.1, 0.15) is 0 Å². The molecule has 0 aliphatic carbocycles. The van der Waals surface area contributed by atoms with Crippen LogP contribution >= 0.6 is 0 Å². The standard InChI is InChI=1S/C12H21N.3C2H6/c1-5-8-12(11(4)7-3)10-13-9-6-2;3*1-2/h5,7-8,13H,1,6,9-10H2,2-4H3;3*1-2H3/b11-7-,12-8-;;;. The van der Waals surface area contributed by atoms with Crippen LogP contribution in [-0.2, 0) is 0 Å². The number of nitrogens with one attached hydrogen (secondary N) is 1. The van der Waals surface area contributed by atoms with Gasteiger partial charge in [0.05, 0.1) is 0 Å². The molecule has 116 valence electrons. The van der Waals surface area contributed by atoms with Gasteiger partial charge in [-0.05, 0) is 32.4 Å². The monoisotopic (exact) mass is 269 g/mol. The van der Waals surface area contributed by atoms with Crippen LogP contribution in [0.15, 0.2) is 36.0 Å². The molecule has 0 saturated carbocycles. The van der Waals surface area contributed by atoms with E-state index in [1.807, 2.05) is 47.6 Å². The highest BCUT2D eigenvalue weighted by Gasteiger charge is 1.96. The van der Waals surface area contributed by atoms with E-state index in [-0.39, 0.29) is 0 Å². The predicted molar refractivity (Wildman–Crippen MR) is 94.9 cm³/mol. The van der Waals surface area contributed by atoms with Crippen molar-refractivity contribution >= 4 is 0 Å². The summed E-state index contributed by atoms with van der Waals surface area (Å²) < 4.78 is 0. The Labute approximate surface area is 123 Å². The fourth-order valence-electron chi connectivity index (χ4n) is 1.06. The molecule has 0 aromatic rings. The Morgan fingerprint density at radius 1 is 1.05 bits per heavy atom. The molecule has 0 bridgehead atoms. The fraction of sp³-hybridized carbons (Fsp3) is 0.667. The molecule has 0 amide bonds. The molecule has 0 saturated heterocycles. The van der Waals surface area contributed by atoms with Crippen molar-refractivity contribution in [2.75, 3.05) is 13.1 Å². The van der Waals surface area contributed by atoms with Crippen LogP contribution in [0.5, 0.6) is 0 Å². The molecule has 0 radical (unpaired) electrons. The molecule has 0 unspecified atom stereocenters. The van der Waals surface area contributed by atoms with E-state index < -0.39 is 0 Å². The van der Waals surface area contributed by atoms with Crippen LogP contribution in [0.4, 0.5) is 0 Å². The third-order valence-electron chi connectivity index (χ3n) is 2.00. The molecule has 0 aromatic carbocycles. The molecule has 1 N–H and O–H groups in total. The molecule has 0 aromatic heterocycles. The first kappa shape index (κ1) is 26.7. The fourth-order valence-corrected chi connectivity index (χ4v) is 1.06. The zero-order chi connectivity index (χ0) is 16.1. The van der Waals surface area contributed by atoms with Crippen molar-refractivity contribution in [3.05, 3.63) is 36.0 Å². The number of hydrogen-bond donors (Lipinski definition) is 1. The molecule has 1 heteroatoms. The second kappa shape index (κ2) is 30.3. The minimum atomic E-state index is 0.941. The van der Waals surface area contributed by atoms with Crippen LogP contribution in [0.3, 0.4) is 0 Å². The van der Waals surface area contributed by atoms with E-state index in [2.05, 4.69) is 44.8 Å². The normalized spacial score (nSPS) is 9.95. The summed E-state index contributed by atoms with van der Waals surface area (Å²) in [6.07, 6.45) is 7.22. The van der Waals surface area contributed by atoms with Crippen molar-refractivity contribution in [1.29, 1.82) is 0 Å². The highest BCUT2D eigenvalue weighted by Crippen LogP contribution is 2.07. The zero-order valence-electron chi connectivity index (χ0n) is 15.1. The second-order valence-electron chi connectivity index (χ2n) is 3.08. The lowest BCUT2D eigenvalue weighted by atomic mass is 10.1. The molecule has 19 heavy (non-hydrogen) atoms. The third-order valence-corrected chi connectivity index (χ3v) is 2.00. The van der Waals surface area contributed by atoms with Gasteiger partial charge in [-0.15, -0.1) is 0 Å². The Balaban J connectivity index is -0.000000163. The van der Waals surface area contributed by atoms with E-state index in [0.717, 1.165) is 13.1 Å². The minimum absolute atomic E-state index is 0.941. The van der Waals surface area contributed by atoms with E-state index >= 15 is 0 Å². The van der Waals surface area contributed by atoms with Crippen molar-refractivity contribution in [2.24, 2.45) is 0 Å². The highest BCUT2D eigenvalue weighted by molar-refractivity contribution is 5.32. The Kier molecular flexibility index (Phi) is 42.6. The largest absolute Gasteiger partial charge is 0.313 e. The van der Waals surface area contributed by atoms with Crippen LogP contribution in [-0.4, -0.2) is 13.1 Å². The summed E-state index contributed by atoms with van der Waals surface area (Å²) in [6.45, 7) is 24.1. The molecule has 0 aliphatic heterocycles. The Hall–Kier alpha value is -0.820. The average Bonchev–Trinajstić information content (AvgIpc) is 2.52. The summed E-state index contributed by atoms with van der Waals surface area (Å²) in [7, 11) is 0. The van der Waals surface area contributed by atoms with E-state index in [9.17, 15) is 0 Å². The Morgan fingerprint density at radius 2 is 1.53 bits per heavy atom. The molecule has 1 nitrogen and oxygen atoms in total. The van der Waals surface area contributed by atoms with E-state index in [0.29, 0.717) is 0 Å². The molecule has 0 heterocycles. The summed E-state index contributed by atoms with van der Waals surface area (Å²) >= 11 is 0. The lowest BCUT2D eigenvalue weighted by Crippen LogP contribution is -2.18. The molecule has 0 spiro atoms. The SMILES string of the molecule is C=C/C=C(CNCCC)\C(C)=C/C.CC.CC.CC. The average molecular weight is 270 g/mol. The molecule has 0 aliphatic rings. The van der Waals surface area contributed by atoms with Gasteiger partial charge in [0.25, 0.3) is 0 Å². The zero-order valence-corrected chi connectivity index (χ0v) is 15.1. The van der Waals surface area contributed by atoms with Gasteiger partial charge in [0.2, 0.25) is 0 Å². The second-order valence-corrected chi connectivity index (χ2v) is 3.08. The van der Waals surface area contributed by atoms with Crippen LogP contribution < -0.4 is 5.32 Å². The van der Waals surface area contributed by atoms with Gasteiger partial charge >= 0.3 is 0 Å². The maximum atomic E-state index is 3.71. The number of rotatable bonds is 6. The number of allylic oxidation sites excluding steroid dienone is 3. The van der Waals surface area contributed by atoms with Crippen LogP contribution in [0.25, 0.3) is 0 Å². The van der Waals surface area contributed by atoms with Crippen molar-refractivity contribution in [2.45, 2.75) is 68.7 Å². The van der Waals surface area contributed by atoms with Crippen molar-refractivity contribution in [1.82, 2.24) is 5.32 Å². The van der Waals surface area contributed by atoms with E-state index in [1.165, 1.54) is 17.6 Å². The van der Waals surface area contributed by atoms with Crippen molar-refractivity contribution in [3.8, 4) is 0 Å². The van der Waals surface area contributed by atoms with Gasteiger partial charge in [0.15, 0.2) is 0 Å². The summed E-state index contributed by atoms with van der Waals surface area (Å²) in [5, 5.41) is 3.38. The predicted octanol–water partition coefficient (Wildman–Crippen LogP) is 6.14. The first-order chi connectivity index (χ1) is 9.26. The van der Waals surface area contributed by atoms with Crippen LogP contribution in [0.1, 0.15) is 68.7 Å². The summed E-state index contributed by atoms with van der Waals surface area (Å²) in [5.74, 6) is 0. The summed E-state index contributed by atoms with van der Waals surface area (Å²) in [4.78, 5) is 0. The van der Waals surface area contributed by atoms with Gasteiger partial charge in [-0.3, -0.25) is 0 Å². The Bertz CT molecular complexity index is 200. The van der Waals surface area contributed by atoms with Crippen molar-refractivity contribution in [3.63, 3.8) is 0 Å². The third kappa shape index (κ3) is 22.8. The summed E-state index contributed by atoms with van der Waals surface area (Å²) in [6, 6.07) is 0. The molecular formula is C18H39N.